The van der Waals surface area contributed by atoms with Crippen LogP contribution in [-0.4, -0.2) is 6.03 Å². The molecule has 1 aromatic heterocycles. The molecule has 1 heterocycles. The van der Waals surface area contributed by atoms with Gasteiger partial charge in [-0.1, -0.05) is 34.1 Å². The first-order valence-corrected chi connectivity index (χ1v) is 7.20. The number of hydrogen-bond donors (Lipinski definition) is 2. The molecule has 2 amide bonds. The Bertz CT molecular complexity index is 513. The first-order valence-electron chi connectivity index (χ1n) is 5.52. The Morgan fingerprint density at radius 1 is 1.17 bits per heavy atom. The lowest BCUT2D eigenvalue weighted by molar-refractivity contribution is 0.240. The van der Waals surface area contributed by atoms with E-state index < -0.39 is 0 Å². The van der Waals surface area contributed by atoms with Gasteiger partial charge in [0.15, 0.2) is 0 Å². The van der Waals surface area contributed by atoms with Crippen LogP contribution in [0.25, 0.3) is 0 Å². The van der Waals surface area contributed by atoms with Crippen LogP contribution in [0, 0.1) is 0 Å². The van der Waals surface area contributed by atoms with Crippen molar-refractivity contribution in [2.45, 2.75) is 13.1 Å². The predicted molar refractivity (Wildman–Crippen MR) is 77.5 cm³/mol. The van der Waals surface area contributed by atoms with Crippen molar-refractivity contribution < 1.29 is 4.79 Å². The Labute approximate surface area is 118 Å². The molecule has 0 atom stereocenters. The van der Waals surface area contributed by atoms with Crippen LogP contribution in [0.1, 0.15) is 10.4 Å². The third-order valence-electron chi connectivity index (χ3n) is 2.35. The van der Waals surface area contributed by atoms with E-state index in [1.165, 1.54) is 0 Å². The van der Waals surface area contributed by atoms with Gasteiger partial charge in [-0.25, -0.2) is 4.79 Å². The maximum atomic E-state index is 11.6. The van der Waals surface area contributed by atoms with E-state index in [1.54, 1.807) is 11.3 Å². The van der Waals surface area contributed by atoms with Gasteiger partial charge in [-0.05, 0) is 29.1 Å². The lowest BCUT2D eigenvalue weighted by atomic mass is 10.2. The highest BCUT2D eigenvalue weighted by Crippen LogP contribution is 2.11. The summed E-state index contributed by atoms with van der Waals surface area (Å²) in [5.74, 6) is 0. The molecule has 0 aliphatic heterocycles. The van der Waals surface area contributed by atoms with Crippen LogP contribution in [-0.2, 0) is 13.1 Å². The van der Waals surface area contributed by atoms with Gasteiger partial charge < -0.3 is 10.6 Å². The molecule has 3 nitrogen and oxygen atoms in total. The molecule has 0 aliphatic rings. The summed E-state index contributed by atoms with van der Waals surface area (Å²) in [6.07, 6.45) is 0. The first-order chi connectivity index (χ1) is 8.74. The number of rotatable bonds is 4. The van der Waals surface area contributed by atoms with Crippen molar-refractivity contribution in [1.82, 2.24) is 10.6 Å². The summed E-state index contributed by atoms with van der Waals surface area (Å²) in [5, 5.41) is 7.64. The molecule has 2 N–H and O–H groups in total. The fourth-order valence-corrected chi connectivity index (χ4v) is 2.56. The largest absolute Gasteiger partial charge is 0.334 e. The van der Waals surface area contributed by atoms with E-state index in [0.717, 1.165) is 14.9 Å². The Morgan fingerprint density at radius 3 is 2.72 bits per heavy atom. The molecule has 5 heteroatoms. The van der Waals surface area contributed by atoms with E-state index in [2.05, 4.69) is 26.6 Å². The fraction of sp³-hybridized carbons (Fsp3) is 0.154. The SMILES string of the molecule is O=C(NCc1cccc(Br)c1)NCc1cccs1. The van der Waals surface area contributed by atoms with Crippen molar-refractivity contribution >= 4 is 33.3 Å². The van der Waals surface area contributed by atoms with Crippen LogP contribution in [0.3, 0.4) is 0 Å². The van der Waals surface area contributed by atoms with Gasteiger partial charge in [-0.2, -0.15) is 0 Å². The molecule has 0 saturated heterocycles. The average molecular weight is 325 g/mol. The lowest BCUT2D eigenvalue weighted by Gasteiger charge is -2.07. The van der Waals surface area contributed by atoms with Gasteiger partial charge in [0.2, 0.25) is 0 Å². The van der Waals surface area contributed by atoms with Gasteiger partial charge >= 0.3 is 6.03 Å². The van der Waals surface area contributed by atoms with Crippen LogP contribution < -0.4 is 10.6 Å². The van der Waals surface area contributed by atoms with Crippen molar-refractivity contribution in [3.63, 3.8) is 0 Å². The second kappa shape index (κ2) is 6.56. The summed E-state index contributed by atoms with van der Waals surface area (Å²) in [5.41, 5.74) is 1.07. The number of amides is 2. The maximum absolute atomic E-state index is 11.6. The van der Waals surface area contributed by atoms with E-state index in [1.807, 2.05) is 41.8 Å². The summed E-state index contributed by atoms with van der Waals surface area (Å²) in [4.78, 5) is 12.7. The number of carbonyl (C=O) groups excluding carboxylic acids is 1. The third kappa shape index (κ3) is 4.16. The standard InChI is InChI=1S/C13H13BrN2OS/c14-11-4-1-3-10(7-11)8-15-13(17)16-9-12-5-2-6-18-12/h1-7H,8-9H2,(H2,15,16,17). The minimum Gasteiger partial charge on any atom is -0.334 e. The Hall–Kier alpha value is -1.33. The van der Waals surface area contributed by atoms with Gasteiger partial charge in [-0.3, -0.25) is 0 Å². The zero-order valence-corrected chi connectivity index (χ0v) is 12.1. The molecule has 2 aromatic rings. The van der Waals surface area contributed by atoms with Gasteiger partial charge in [0.05, 0.1) is 6.54 Å². The summed E-state index contributed by atoms with van der Waals surface area (Å²) in [7, 11) is 0. The summed E-state index contributed by atoms with van der Waals surface area (Å²) < 4.78 is 1.01. The molecule has 2 rings (SSSR count). The van der Waals surface area contributed by atoms with E-state index in [4.69, 9.17) is 0 Å². The van der Waals surface area contributed by atoms with E-state index in [9.17, 15) is 4.79 Å². The van der Waals surface area contributed by atoms with Crippen molar-refractivity contribution in [3.05, 3.63) is 56.7 Å². The predicted octanol–water partition coefficient (Wildman–Crippen LogP) is 3.51. The van der Waals surface area contributed by atoms with Gasteiger partial charge in [0.1, 0.15) is 0 Å². The van der Waals surface area contributed by atoms with Gasteiger partial charge in [-0.15, -0.1) is 11.3 Å². The minimum atomic E-state index is -0.150. The highest BCUT2D eigenvalue weighted by atomic mass is 79.9. The van der Waals surface area contributed by atoms with E-state index >= 15 is 0 Å². The monoisotopic (exact) mass is 324 g/mol. The Balaban J connectivity index is 1.75. The number of hydrogen-bond acceptors (Lipinski definition) is 2. The molecule has 18 heavy (non-hydrogen) atoms. The second-order valence-electron chi connectivity index (χ2n) is 3.75. The fourth-order valence-electron chi connectivity index (χ4n) is 1.47. The number of benzene rings is 1. The van der Waals surface area contributed by atoms with Gasteiger partial charge in [0, 0.05) is 15.9 Å². The highest BCUT2D eigenvalue weighted by Gasteiger charge is 2.01. The smallest absolute Gasteiger partial charge is 0.315 e. The maximum Gasteiger partial charge on any atom is 0.315 e. The molecule has 0 radical (unpaired) electrons. The minimum absolute atomic E-state index is 0.150. The molecule has 0 spiro atoms. The lowest BCUT2D eigenvalue weighted by Crippen LogP contribution is -2.34. The molecule has 94 valence electrons. The normalized spacial score (nSPS) is 10.1. The van der Waals surface area contributed by atoms with E-state index in [-0.39, 0.29) is 6.03 Å². The number of nitrogens with one attached hydrogen (secondary N) is 2. The van der Waals surface area contributed by atoms with Crippen LogP contribution in [0.4, 0.5) is 4.79 Å². The Kier molecular flexibility index (Phi) is 4.78. The van der Waals surface area contributed by atoms with Crippen LogP contribution in [0.2, 0.25) is 0 Å². The summed E-state index contributed by atoms with van der Waals surface area (Å²) in [6, 6.07) is 11.7. The highest BCUT2D eigenvalue weighted by molar-refractivity contribution is 9.10. The second-order valence-corrected chi connectivity index (χ2v) is 5.69. The topological polar surface area (TPSA) is 41.1 Å². The first kappa shape index (κ1) is 13.1. The number of carbonyl (C=O) groups is 1. The van der Waals surface area contributed by atoms with E-state index in [0.29, 0.717) is 13.1 Å². The number of urea groups is 1. The molecule has 0 unspecified atom stereocenters. The summed E-state index contributed by atoms with van der Waals surface area (Å²) >= 11 is 5.03. The molecule has 0 bridgehead atoms. The number of thiophene rings is 1. The van der Waals surface area contributed by atoms with Gasteiger partial charge in [0.25, 0.3) is 0 Å². The van der Waals surface area contributed by atoms with Crippen molar-refractivity contribution in [2.75, 3.05) is 0 Å². The van der Waals surface area contributed by atoms with Crippen LogP contribution in [0.15, 0.2) is 46.3 Å². The Morgan fingerprint density at radius 2 is 2.00 bits per heavy atom. The molecular weight excluding hydrogens is 312 g/mol. The zero-order chi connectivity index (χ0) is 12.8. The molecule has 0 aliphatic carbocycles. The quantitative estimate of drug-likeness (QED) is 0.887. The molecular formula is C13H13BrN2OS. The van der Waals surface area contributed by atoms with Crippen LogP contribution >= 0.6 is 27.3 Å². The van der Waals surface area contributed by atoms with Crippen molar-refractivity contribution in [3.8, 4) is 0 Å². The van der Waals surface area contributed by atoms with Crippen molar-refractivity contribution in [2.24, 2.45) is 0 Å². The summed E-state index contributed by atoms with van der Waals surface area (Å²) in [6.45, 7) is 1.09. The average Bonchev–Trinajstić information content (AvgIpc) is 2.87. The third-order valence-corrected chi connectivity index (χ3v) is 3.72. The number of halogens is 1. The van der Waals surface area contributed by atoms with Crippen molar-refractivity contribution in [1.29, 1.82) is 0 Å². The molecule has 0 saturated carbocycles. The molecule has 0 fully saturated rings. The molecule has 1 aromatic carbocycles. The zero-order valence-electron chi connectivity index (χ0n) is 9.65. The van der Waals surface area contributed by atoms with Crippen LogP contribution in [0.5, 0.6) is 0 Å².